The molecule has 0 fully saturated rings. The minimum Gasteiger partial charge on any atom is -0.743 e. The smallest absolute Gasteiger partial charge is 0.402 e. The van der Waals surface area contributed by atoms with Crippen molar-refractivity contribution in [3.63, 3.8) is 0 Å². The Bertz CT molecular complexity index is 542. The number of rotatable bonds is 5. The van der Waals surface area contributed by atoms with E-state index in [4.69, 9.17) is 0 Å². The molecule has 0 aromatic rings. The van der Waals surface area contributed by atoms with Crippen LogP contribution in [0.15, 0.2) is 0 Å². The van der Waals surface area contributed by atoms with Crippen LogP contribution < -0.4 is 0 Å². The molecule has 0 rings (SSSR count). The number of halogens is 8. The maximum atomic E-state index is 12.5. The molecule has 0 radical (unpaired) electrons. The fourth-order valence-electron chi connectivity index (χ4n) is 0.680. The molecule has 0 spiro atoms. The second-order valence-corrected chi connectivity index (χ2v) is 5.93. The van der Waals surface area contributed by atoms with Crippen molar-refractivity contribution in [1.82, 2.24) is 0 Å². The predicted molar refractivity (Wildman–Crippen MR) is 62.3 cm³/mol. The lowest BCUT2D eigenvalue weighted by Gasteiger charge is -2.37. The molecule has 0 aliphatic heterocycles. The zero-order valence-electron chi connectivity index (χ0n) is 9.44. The van der Waals surface area contributed by atoms with Gasteiger partial charge in [-0.3, -0.25) is 0 Å². The first-order chi connectivity index (χ1) is 8.25. The van der Waals surface area contributed by atoms with Gasteiger partial charge in [0.25, 0.3) is 0 Å². The minimum atomic E-state index is -7.68. The van der Waals surface area contributed by atoms with Crippen molar-refractivity contribution < 1.29 is 61.1 Å². The third kappa shape index (κ3) is 3.55. The average molecular weight is 430 g/mol. The van der Waals surface area contributed by atoms with Crippen molar-refractivity contribution in [3.8, 4) is 0 Å². The van der Waals surface area contributed by atoms with Crippen LogP contribution in [0.2, 0.25) is 0 Å². The minimum absolute atomic E-state index is 0. The lowest BCUT2D eigenvalue weighted by atomic mass is 10.2. The molecule has 0 unspecified atom stereocenters. The molecular weight excluding hydrogens is 424 g/mol. The van der Waals surface area contributed by atoms with E-state index < -0.39 is 42.6 Å². The Balaban J connectivity index is -0.00000180. The summed E-state index contributed by atoms with van der Waals surface area (Å²) < 4.78 is 158. The Morgan fingerprint density at radius 3 is 0.773 bits per heavy atom. The number of hydrogen-bond acceptors (Lipinski definition) is 6. The Hall–Kier alpha value is -0.0400. The highest BCUT2D eigenvalue weighted by Gasteiger charge is 2.84. The van der Waals surface area contributed by atoms with Gasteiger partial charge in [-0.2, -0.15) is 35.1 Å². The maximum Gasteiger partial charge on any atom is 0.402 e. The molecule has 138 valence electrons. The monoisotopic (exact) mass is 430 g/mol. The van der Waals surface area contributed by atoms with Crippen LogP contribution >= 0.6 is 0 Å². The molecule has 0 aromatic carbocycles. The van der Waals surface area contributed by atoms with Gasteiger partial charge in [0.2, 0.25) is 0 Å². The highest BCUT2D eigenvalue weighted by molar-refractivity contribution is 7.87. The summed E-state index contributed by atoms with van der Waals surface area (Å²) in [7, 11) is -15.2. The molecule has 0 aliphatic carbocycles. The summed E-state index contributed by atoms with van der Waals surface area (Å²) >= 11 is 0. The average Bonchev–Trinajstić information content (AvgIpc) is 2.12. The standard InChI is InChI=1S/C4H2F8O6S2.2H2S/c5-1(6,3(9,10)19(13,14)15)2(7,8)4(11,12)20(16,17)18;;/h(H,13,14,15)(H,16,17,18);2*1H2. The Morgan fingerprint density at radius 1 is 0.545 bits per heavy atom. The molecule has 0 bridgehead atoms. The van der Waals surface area contributed by atoms with Crippen LogP contribution in [0.25, 0.3) is 0 Å². The number of hydrogen-bond donors (Lipinski definition) is 0. The van der Waals surface area contributed by atoms with Crippen LogP contribution in [0.3, 0.4) is 0 Å². The topological polar surface area (TPSA) is 114 Å². The van der Waals surface area contributed by atoms with E-state index in [0.29, 0.717) is 0 Å². The van der Waals surface area contributed by atoms with Crippen LogP contribution in [0.1, 0.15) is 0 Å². The highest BCUT2D eigenvalue weighted by Crippen LogP contribution is 2.55. The molecule has 0 aromatic heterocycles. The highest BCUT2D eigenvalue weighted by atomic mass is 32.2. The zero-order valence-corrected chi connectivity index (χ0v) is 13.4. The molecule has 22 heavy (non-hydrogen) atoms. The fraction of sp³-hybridized carbons (Fsp3) is 1.00. The molecule has 0 saturated heterocycles. The molecule has 0 N–H and O–H groups in total. The van der Waals surface area contributed by atoms with E-state index in [1.807, 2.05) is 0 Å². The normalized spacial score (nSPS) is 14.8. The van der Waals surface area contributed by atoms with Gasteiger partial charge in [-0.1, -0.05) is 27.0 Å². The van der Waals surface area contributed by atoms with E-state index in [2.05, 4.69) is 0 Å². The SMILES string of the molecule is O=S(=O)([O-])C(F)(F)C(F)(F)C(F)(F)C(F)(F)S(=O)(=O)[O-].[SH3+].[SH3+]. The van der Waals surface area contributed by atoms with Gasteiger partial charge in [0.15, 0.2) is 20.2 Å². The van der Waals surface area contributed by atoms with E-state index in [9.17, 15) is 61.1 Å². The molecule has 0 heterocycles. The van der Waals surface area contributed by atoms with Gasteiger partial charge >= 0.3 is 22.4 Å². The molecule has 0 saturated carbocycles. The van der Waals surface area contributed by atoms with Crippen molar-refractivity contribution in [2.75, 3.05) is 0 Å². The summed E-state index contributed by atoms with van der Waals surface area (Å²) in [5.74, 6) is -15.4. The first-order valence-electron chi connectivity index (χ1n) is 3.67. The summed E-state index contributed by atoms with van der Waals surface area (Å²) in [4.78, 5) is 0. The van der Waals surface area contributed by atoms with Gasteiger partial charge in [0, 0.05) is 0 Å². The Labute approximate surface area is 131 Å². The number of alkyl halides is 8. The van der Waals surface area contributed by atoms with Crippen LogP contribution in [0.5, 0.6) is 0 Å². The summed E-state index contributed by atoms with van der Waals surface area (Å²) in [5.41, 5.74) is 0. The summed E-state index contributed by atoms with van der Waals surface area (Å²) in [5, 5.41) is -14.6. The van der Waals surface area contributed by atoms with Gasteiger partial charge in [-0.25, -0.2) is 16.8 Å². The van der Waals surface area contributed by atoms with Crippen molar-refractivity contribution in [1.29, 1.82) is 0 Å². The summed E-state index contributed by atoms with van der Waals surface area (Å²) in [6, 6.07) is 0. The lowest BCUT2D eigenvalue weighted by Crippen LogP contribution is -2.66. The van der Waals surface area contributed by atoms with E-state index in [-0.39, 0.29) is 27.0 Å². The van der Waals surface area contributed by atoms with Gasteiger partial charge < -0.3 is 9.11 Å². The second-order valence-electron chi connectivity index (χ2n) is 3.09. The maximum absolute atomic E-state index is 12.5. The first kappa shape index (κ1) is 26.8. The molecule has 0 aliphatic rings. The van der Waals surface area contributed by atoms with Crippen LogP contribution in [0, 0.1) is 0 Å². The van der Waals surface area contributed by atoms with Crippen LogP contribution in [0.4, 0.5) is 35.1 Å². The van der Waals surface area contributed by atoms with Crippen molar-refractivity contribution >= 4 is 47.2 Å². The first-order valence-corrected chi connectivity index (χ1v) is 6.49. The van der Waals surface area contributed by atoms with E-state index in [0.717, 1.165) is 0 Å². The molecule has 18 heteroatoms. The van der Waals surface area contributed by atoms with Gasteiger partial charge in [0.1, 0.15) is 0 Å². The zero-order chi connectivity index (χ0) is 17.0. The van der Waals surface area contributed by atoms with Gasteiger partial charge in [0.05, 0.1) is 0 Å². The Kier molecular flexibility index (Phi) is 7.88. The van der Waals surface area contributed by atoms with Crippen LogP contribution in [-0.4, -0.2) is 48.3 Å². The third-order valence-electron chi connectivity index (χ3n) is 1.75. The summed E-state index contributed by atoms with van der Waals surface area (Å²) in [6.45, 7) is 0. The van der Waals surface area contributed by atoms with Gasteiger partial charge in [-0.15, -0.1) is 0 Å². The van der Waals surface area contributed by atoms with Crippen LogP contribution in [-0.2, 0) is 47.2 Å². The van der Waals surface area contributed by atoms with Crippen molar-refractivity contribution in [3.05, 3.63) is 0 Å². The molecular formula is C4H6F8O6S4. The second kappa shape index (κ2) is 6.46. The molecule has 0 amide bonds. The van der Waals surface area contributed by atoms with Crippen molar-refractivity contribution in [2.24, 2.45) is 0 Å². The molecule has 0 atom stereocenters. The quantitative estimate of drug-likeness (QED) is 0.312. The van der Waals surface area contributed by atoms with Gasteiger partial charge in [-0.05, 0) is 0 Å². The summed E-state index contributed by atoms with van der Waals surface area (Å²) in [6.07, 6.45) is 0. The van der Waals surface area contributed by atoms with Crippen molar-refractivity contribution in [2.45, 2.75) is 22.4 Å². The lowest BCUT2D eigenvalue weighted by molar-refractivity contribution is -0.327. The predicted octanol–water partition coefficient (Wildman–Crippen LogP) is -1.08. The van der Waals surface area contributed by atoms with E-state index in [1.54, 1.807) is 0 Å². The fourth-order valence-corrected chi connectivity index (χ4v) is 1.56. The van der Waals surface area contributed by atoms with E-state index >= 15 is 0 Å². The Morgan fingerprint density at radius 2 is 0.682 bits per heavy atom. The molecule has 6 nitrogen and oxygen atoms in total. The largest absolute Gasteiger partial charge is 0.743 e. The third-order valence-corrected chi connectivity index (χ3v) is 3.52. The van der Waals surface area contributed by atoms with E-state index in [1.165, 1.54) is 0 Å².